The summed E-state index contributed by atoms with van der Waals surface area (Å²) in [6.07, 6.45) is 1.06. The first kappa shape index (κ1) is 12.9. The van der Waals surface area contributed by atoms with Crippen LogP contribution in [0.3, 0.4) is 0 Å². The van der Waals surface area contributed by atoms with Gasteiger partial charge in [-0.05, 0) is 46.9 Å². The number of nitrogens with zero attached hydrogens (tertiary/aromatic N) is 5. The molecule has 2 heterocycles. The van der Waals surface area contributed by atoms with E-state index in [0.717, 1.165) is 24.5 Å². The molecule has 0 aliphatic rings. The molecule has 0 bridgehead atoms. The number of aromatic nitrogens is 5. The molecule has 2 aromatic heterocycles. The lowest BCUT2D eigenvalue weighted by Crippen LogP contribution is -2.06. The molecule has 0 saturated heterocycles. The number of hydrogen-bond acceptors (Lipinski definition) is 6. The number of fused-ring (bicyclic) bond motifs is 1. The van der Waals surface area contributed by atoms with Gasteiger partial charge in [-0.2, -0.15) is 0 Å². The third-order valence-corrected chi connectivity index (χ3v) is 3.81. The molecule has 20 heavy (non-hydrogen) atoms. The molecule has 3 aromatic rings. The molecule has 0 saturated carbocycles. The summed E-state index contributed by atoms with van der Waals surface area (Å²) in [4.78, 5) is 1.31. The smallest absolute Gasteiger partial charge is 0.200 e. The third-order valence-electron chi connectivity index (χ3n) is 2.71. The lowest BCUT2D eigenvalue weighted by atomic mass is 10.4. The van der Waals surface area contributed by atoms with Gasteiger partial charge >= 0.3 is 0 Å². The average Bonchev–Trinajstić information content (AvgIpc) is 2.95. The van der Waals surface area contributed by atoms with Crippen molar-refractivity contribution in [3.63, 3.8) is 0 Å². The van der Waals surface area contributed by atoms with Gasteiger partial charge in [0.05, 0.1) is 0 Å². The minimum absolute atomic E-state index is 0.648. The van der Waals surface area contributed by atoms with Gasteiger partial charge in [0, 0.05) is 11.4 Å². The van der Waals surface area contributed by atoms with Crippen LogP contribution in [0.15, 0.2) is 47.4 Å². The Labute approximate surface area is 120 Å². The van der Waals surface area contributed by atoms with E-state index < -0.39 is 0 Å². The second-order valence-corrected chi connectivity index (χ2v) is 5.36. The zero-order valence-electron chi connectivity index (χ0n) is 10.8. The van der Waals surface area contributed by atoms with Crippen molar-refractivity contribution in [3.05, 3.63) is 42.5 Å². The summed E-state index contributed by atoms with van der Waals surface area (Å²) in [5.74, 6) is 1.86. The molecule has 6 nitrogen and oxygen atoms in total. The Morgan fingerprint density at radius 2 is 2.00 bits per heavy atom. The summed E-state index contributed by atoms with van der Waals surface area (Å²) < 4.78 is 1.42. The van der Waals surface area contributed by atoms with Crippen LogP contribution < -0.4 is 5.32 Å². The predicted octanol–water partition coefficient (Wildman–Crippen LogP) is 2.11. The molecule has 1 aromatic carbocycles. The molecule has 0 atom stereocenters. The van der Waals surface area contributed by atoms with Crippen LogP contribution in [0.1, 0.15) is 6.42 Å². The van der Waals surface area contributed by atoms with Crippen LogP contribution in [0.25, 0.3) is 5.65 Å². The highest BCUT2D eigenvalue weighted by Crippen LogP contribution is 2.17. The van der Waals surface area contributed by atoms with E-state index in [1.54, 1.807) is 0 Å². The monoisotopic (exact) mass is 286 g/mol. The highest BCUT2D eigenvalue weighted by atomic mass is 32.2. The second-order valence-electron chi connectivity index (χ2n) is 4.19. The molecule has 0 radical (unpaired) electrons. The molecule has 0 unspecified atom stereocenters. The number of benzene rings is 1. The molecule has 0 aliphatic heterocycles. The minimum atomic E-state index is 0.648. The van der Waals surface area contributed by atoms with E-state index in [1.165, 1.54) is 9.53 Å². The van der Waals surface area contributed by atoms with E-state index in [2.05, 4.69) is 50.2 Å². The van der Waals surface area contributed by atoms with Gasteiger partial charge < -0.3 is 5.32 Å². The first-order valence-electron chi connectivity index (χ1n) is 6.39. The van der Waals surface area contributed by atoms with E-state index in [0.29, 0.717) is 5.65 Å². The number of nitrogens with one attached hydrogen (secondary N) is 1. The fraction of sp³-hybridized carbons (Fsp3) is 0.231. The topological polar surface area (TPSA) is 68.0 Å². The fourth-order valence-corrected chi connectivity index (χ4v) is 2.61. The molecular formula is C13H14N6S. The summed E-state index contributed by atoms with van der Waals surface area (Å²) in [6.45, 7) is 0.875. The van der Waals surface area contributed by atoms with Gasteiger partial charge in [0.2, 0.25) is 0 Å². The van der Waals surface area contributed by atoms with Gasteiger partial charge in [-0.25, -0.2) is 0 Å². The number of anilines is 1. The molecule has 0 spiro atoms. The zero-order chi connectivity index (χ0) is 13.6. The maximum Gasteiger partial charge on any atom is 0.200 e. The summed E-state index contributed by atoms with van der Waals surface area (Å²) in [5, 5.41) is 18.7. The first-order valence-corrected chi connectivity index (χ1v) is 7.37. The van der Waals surface area contributed by atoms with E-state index in [1.807, 2.05) is 30.0 Å². The van der Waals surface area contributed by atoms with Crippen LogP contribution in [0.5, 0.6) is 0 Å². The quantitative estimate of drug-likeness (QED) is 0.553. The van der Waals surface area contributed by atoms with Crippen molar-refractivity contribution in [2.45, 2.75) is 11.3 Å². The van der Waals surface area contributed by atoms with Gasteiger partial charge in [0.25, 0.3) is 0 Å². The van der Waals surface area contributed by atoms with Crippen molar-refractivity contribution in [3.8, 4) is 0 Å². The van der Waals surface area contributed by atoms with Crippen LogP contribution in [0, 0.1) is 0 Å². The van der Waals surface area contributed by atoms with Gasteiger partial charge in [-0.3, -0.25) is 0 Å². The van der Waals surface area contributed by atoms with Crippen molar-refractivity contribution >= 4 is 23.2 Å². The van der Waals surface area contributed by atoms with Crippen LogP contribution in [0.2, 0.25) is 0 Å². The highest BCUT2D eigenvalue weighted by Gasteiger charge is 2.00. The van der Waals surface area contributed by atoms with Gasteiger partial charge in [0.1, 0.15) is 5.82 Å². The lowest BCUT2D eigenvalue weighted by Gasteiger charge is -2.05. The molecule has 0 fully saturated rings. The van der Waals surface area contributed by atoms with Crippen molar-refractivity contribution in [1.82, 2.24) is 25.3 Å². The number of thioether (sulfide) groups is 1. The lowest BCUT2D eigenvalue weighted by molar-refractivity contribution is 0.733. The zero-order valence-corrected chi connectivity index (χ0v) is 11.6. The molecule has 102 valence electrons. The number of hydrogen-bond donors (Lipinski definition) is 1. The molecule has 7 heteroatoms. The predicted molar refractivity (Wildman–Crippen MR) is 78.8 cm³/mol. The largest absolute Gasteiger partial charge is 0.369 e. The van der Waals surface area contributed by atoms with E-state index >= 15 is 0 Å². The molecular weight excluding hydrogens is 272 g/mol. The molecule has 0 aliphatic carbocycles. The Kier molecular flexibility index (Phi) is 4.07. The van der Waals surface area contributed by atoms with E-state index in [4.69, 9.17) is 0 Å². The van der Waals surface area contributed by atoms with Crippen LogP contribution >= 0.6 is 11.8 Å². The SMILES string of the molecule is c1ccc(SCCCNc2ccc3nnnn3n2)cc1. The normalized spacial score (nSPS) is 10.8. The average molecular weight is 286 g/mol. The van der Waals surface area contributed by atoms with Crippen LogP contribution in [-0.4, -0.2) is 37.6 Å². The third kappa shape index (κ3) is 3.24. The molecule has 0 amide bonds. The summed E-state index contributed by atoms with van der Waals surface area (Å²) in [5.41, 5.74) is 0.648. The summed E-state index contributed by atoms with van der Waals surface area (Å²) in [6, 6.07) is 14.1. The van der Waals surface area contributed by atoms with Crippen molar-refractivity contribution in [1.29, 1.82) is 0 Å². The fourth-order valence-electron chi connectivity index (χ4n) is 1.74. The number of tetrazole rings is 1. The summed E-state index contributed by atoms with van der Waals surface area (Å²) >= 11 is 1.86. The van der Waals surface area contributed by atoms with Gasteiger partial charge in [-0.15, -0.1) is 26.6 Å². The van der Waals surface area contributed by atoms with Crippen LogP contribution in [0.4, 0.5) is 5.82 Å². The first-order chi connectivity index (χ1) is 9.92. The van der Waals surface area contributed by atoms with Crippen LogP contribution in [-0.2, 0) is 0 Å². The van der Waals surface area contributed by atoms with Crippen molar-refractivity contribution in [2.75, 3.05) is 17.6 Å². The Balaban J connectivity index is 1.43. The molecule has 3 rings (SSSR count). The highest BCUT2D eigenvalue weighted by molar-refractivity contribution is 7.99. The standard InChI is InChI=1S/C13H14N6S/c1-2-5-11(6-3-1)20-10-4-9-14-12-7-8-13-15-17-18-19(13)16-12/h1-3,5-8H,4,9-10H2,(H,14,16). The Bertz CT molecular complexity index is 669. The van der Waals surface area contributed by atoms with E-state index in [9.17, 15) is 0 Å². The van der Waals surface area contributed by atoms with Crippen molar-refractivity contribution < 1.29 is 0 Å². The summed E-state index contributed by atoms with van der Waals surface area (Å²) in [7, 11) is 0. The minimum Gasteiger partial charge on any atom is -0.369 e. The van der Waals surface area contributed by atoms with Crippen molar-refractivity contribution in [2.24, 2.45) is 0 Å². The maximum absolute atomic E-state index is 4.25. The molecule has 1 N–H and O–H groups in total. The Morgan fingerprint density at radius 1 is 1.10 bits per heavy atom. The Morgan fingerprint density at radius 3 is 2.90 bits per heavy atom. The number of rotatable bonds is 6. The second kappa shape index (κ2) is 6.33. The van der Waals surface area contributed by atoms with E-state index in [-0.39, 0.29) is 0 Å². The Hall–Kier alpha value is -2.15. The van der Waals surface area contributed by atoms with Gasteiger partial charge in [-0.1, -0.05) is 18.2 Å². The van der Waals surface area contributed by atoms with Gasteiger partial charge in [0.15, 0.2) is 5.65 Å². The maximum atomic E-state index is 4.25.